The van der Waals surface area contributed by atoms with Crippen LogP contribution in [0.2, 0.25) is 0 Å². The van der Waals surface area contributed by atoms with Gasteiger partial charge in [-0.3, -0.25) is 4.90 Å². The van der Waals surface area contributed by atoms with Gasteiger partial charge in [0.05, 0.1) is 0 Å². The van der Waals surface area contributed by atoms with Crippen LogP contribution in [0.3, 0.4) is 0 Å². The van der Waals surface area contributed by atoms with Gasteiger partial charge in [-0.25, -0.2) is 0 Å². The Balaban J connectivity index is 1.18. The molecule has 4 nitrogen and oxygen atoms in total. The molecule has 4 aliphatic rings. The first kappa shape index (κ1) is 15.4. The van der Waals surface area contributed by atoms with E-state index < -0.39 is 0 Å². The maximum absolute atomic E-state index is 3.87. The fourth-order valence-electron chi connectivity index (χ4n) is 5.92. The third-order valence-electron chi connectivity index (χ3n) is 7.16. The van der Waals surface area contributed by atoms with E-state index in [9.17, 15) is 0 Å². The van der Waals surface area contributed by atoms with Crippen LogP contribution in [-0.4, -0.2) is 68.8 Å². The molecule has 2 spiro atoms. The highest BCUT2D eigenvalue weighted by Crippen LogP contribution is 2.46. The highest BCUT2D eigenvalue weighted by atomic mass is 15.3. The molecule has 2 N–H and O–H groups in total. The van der Waals surface area contributed by atoms with Crippen LogP contribution in [0.15, 0.2) is 0 Å². The number of hydrogen-bond acceptors (Lipinski definition) is 4. The summed E-state index contributed by atoms with van der Waals surface area (Å²) in [7, 11) is 4.41. The van der Waals surface area contributed by atoms with E-state index in [-0.39, 0.29) is 0 Å². The molecule has 0 radical (unpaired) electrons. The van der Waals surface area contributed by atoms with E-state index in [0.717, 1.165) is 18.8 Å². The van der Waals surface area contributed by atoms with Crippen LogP contribution >= 0.6 is 0 Å². The first-order chi connectivity index (χ1) is 10.6. The summed E-state index contributed by atoms with van der Waals surface area (Å²) in [4.78, 5) is 5.17. The Hall–Kier alpha value is -0.160. The molecule has 4 rings (SSSR count). The number of rotatable bonds is 4. The van der Waals surface area contributed by atoms with Gasteiger partial charge in [-0.2, -0.15) is 0 Å². The molecule has 2 saturated heterocycles. The lowest BCUT2D eigenvalue weighted by molar-refractivity contribution is -0.00364. The van der Waals surface area contributed by atoms with Crippen LogP contribution < -0.4 is 10.6 Å². The lowest BCUT2D eigenvalue weighted by atomic mass is 9.78. The fraction of sp³-hybridized carbons (Fsp3) is 1.00. The van der Waals surface area contributed by atoms with Crippen LogP contribution in [-0.2, 0) is 0 Å². The van der Waals surface area contributed by atoms with Crippen molar-refractivity contribution in [1.82, 2.24) is 20.4 Å². The van der Waals surface area contributed by atoms with Crippen LogP contribution in [0.1, 0.15) is 44.9 Å². The quantitative estimate of drug-likeness (QED) is 0.824. The molecular weight excluding hydrogens is 272 g/mol. The van der Waals surface area contributed by atoms with E-state index in [2.05, 4.69) is 34.5 Å². The molecule has 2 heterocycles. The molecule has 3 unspecified atom stereocenters. The molecular formula is C18H34N4. The van der Waals surface area contributed by atoms with Crippen molar-refractivity contribution in [2.75, 3.05) is 46.9 Å². The molecule has 3 atom stereocenters. The summed E-state index contributed by atoms with van der Waals surface area (Å²) in [6.07, 6.45) is 9.92. The molecule has 0 aromatic rings. The monoisotopic (exact) mass is 306 g/mol. The van der Waals surface area contributed by atoms with Gasteiger partial charge in [0.2, 0.25) is 0 Å². The van der Waals surface area contributed by atoms with Gasteiger partial charge in [0, 0.05) is 38.4 Å². The smallest absolute Gasteiger partial charge is 0.0483 e. The van der Waals surface area contributed by atoms with Crippen LogP contribution in [0, 0.1) is 10.8 Å². The predicted octanol–water partition coefficient (Wildman–Crippen LogP) is 1.48. The highest BCUT2D eigenvalue weighted by Gasteiger charge is 2.48. The minimum Gasteiger partial charge on any atom is -0.317 e. The molecule has 0 aromatic carbocycles. The van der Waals surface area contributed by atoms with Gasteiger partial charge in [-0.15, -0.1) is 0 Å². The van der Waals surface area contributed by atoms with Crippen molar-refractivity contribution in [2.45, 2.75) is 57.0 Å². The zero-order valence-electron chi connectivity index (χ0n) is 14.5. The highest BCUT2D eigenvalue weighted by molar-refractivity contribution is 5.02. The van der Waals surface area contributed by atoms with E-state index in [1.807, 2.05) is 0 Å². The Morgan fingerprint density at radius 3 is 2.36 bits per heavy atom. The van der Waals surface area contributed by atoms with Crippen molar-refractivity contribution < 1.29 is 0 Å². The Morgan fingerprint density at radius 2 is 1.68 bits per heavy atom. The second kappa shape index (κ2) is 5.73. The standard InChI is InChI=1S/C18H34N4/c1-19-15-3-6-18(9-15)12-22(13-18)14-20-16-4-5-17(10-16)7-8-21(2)11-17/h15-16,19-20H,3-14H2,1-2H3. The number of likely N-dealkylation sites (tertiary alicyclic amines) is 2. The van der Waals surface area contributed by atoms with Gasteiger partial charge < -0.3 is 15.5 Å². The number of hydrogen-bond donors (Lipinski definition) is 2. The Labute approximate surface area is 136 Å². The molecule has 4 heteroatoms. The number of nitrogens with one attached hydrogen (secondary N) is 2. The van der Waals surface area contributed by atoms with Crippen molar-refractivity contribution in [3.05, 3.63) is 0 Å². The molecule has 2 aliphatic carbocycles. The van der Waals surface area contributed by atoms with Crippen molar-refractivity contribution in [3.63, 3.8) is 0 Å². The summed E-state index contributed by atoms with van der Waals surface area (Å²) in [6.45, 7) is 6.44. The lowest BCUT2D eigenvalue weighted by Crippen LogP contribution is -2.58. The Bertz CT molecular complexity index is 406. The first-order valence-corrected chi connectivity index (χ1v) is 9.42. The summed E-state index contributed by atoms with van der Waals surface area (Å²) < 4.78 is 0. The average Bonchev–Trinajstić information content (AvgIpc) is 3.15. The normalized spacial score (nSPS) is 41.7. The van der Waals surface area contributed by atoms with E-state index >= 15 is 0 Å². The minimum atomic E-state index is 0.661. The molecule has 2 saturated carbocycles. The van der Waals surface area contributed by atoms with Gasteiger partial charge in [0.1, 0.15) is 0 Å². The SMILES string of the molecule is CNC1CCC2(C1)CN(CNC1CCC3(CCN(C)C3)C1)C2. The topological polar surface area (TPSA) is 30.5 Å². The van der Waals surface area contributed by atoms with Gasteiger partial charge in [-0.05, 0) is 76.4 Å². The van der Waals surface area contributed by atoms with Gasteiger partial charge in [0.25, 0.3) is 0 Å². The third kappa shape index (κ3) is 2.83. The Kier molecular flexibility index (Phi) is 4.00. The van der Waals surface area contributed by atoms with Crippen molar-refractivity contribution >= 4 is 0 Å². The number of nitrogens with zero attached hydrogens (tertiary/aromatic N) is 2. The van der Waals surface area contributed by atoms with Crippen molar-refractivity contribution in [1.29, 1.82) is 0 Å². The summed E-state index contributed by atoms with van der Waals surface area (Å²) in [6, 6.07) is 1.56. The predicted molar refractivity (Wildman–Crippen MR) is 90.9 cm³/mol. The summed E-state index contributed by atoms with van der Waals surface area (Å²) in [5.74, 6) is 0. The zero-order chi connectivity index (χ0) is 15.2. The molecule has 0 aromatic heterocycles. The second-order valence-corrected chi connectivity index (χ2v) is 9.01. The summed E-state index contributed by atoms with van der Waals surface area (Å²) in [5, 5.41) is 7.35. The van der Waals surface area contributed by atoms with E-state index in [4.69, 9.17) is 0 Å². The first-order valence-electron chi connectivity index (χ1n) is 9.42. The molecule has 2 aliphatic heterocycles. The fourth-order valence-corrected chi connectivity index (χ4v) is 5.92. The van der Waals surface area contributed by atoms with Gasteiger partial charge >= 0.3 is 0 Å². The van der Waals surface area contributed by atoms with Crippen molar-refractivity contribution in [2.24, 2.45) is 10.8 Å². The molecule has 126 valence electrons. The van der Waals surface area contributed by atoms with Crippen LogP contribution in [0.4, 0.5) is 0 Å². The second-order valence-electron chi connectivity index (χ2n) is 9.01. The molecule has 22 heavy (non-hydrogen) atoms. The molecule has 0 amide bonds. The zero-order valence-corrected chi connectivity index (χ0v) is 14.5. The Morgan fingerprint density at radius 1 is 0.955 bits per heavy atom. The van der Waals surface area contributed by atoms with E-state index in [1.165, 1.54) is 71.1 Å². The van der Waals surface area contributed by atoms with Crippen LogP contribution in [0.25, 0.3) is 0 Å². The lowest BCUT2D eigenvalue weighted by Gasteiger charge is -2.49. The summed E-state index contributed by atoms with van der Waals surface area (Å²) in [5.41, 5.74) is 1.33. The van der Waals surface area contributed by atoms with Crippen molar-refractivity contribution in [3.8, 4) is 0 Å². The van der Waals surface area contributed by atoms with E-state index in [0.29, 0.717) is 10.8 Å². The molecule has 0 bridgehead atoms. The van der Waals surface area contributed by atoms with Gasteiger partial charge in [-0.1, -0.05) is 0 Å². The molecule has 4 fully saturated rings. The third-order valence-corrected chi connectivity index (χ3v) is 7.16. The summed E-state index contributed by atoms with van der Waals surface area (Å²) >= 11 is 0. The maximum Gasteiger partial charge on any atom is 0.0483 e. The van der Waals surface area contributed by atoms with Gasteiger partial charge in [0.15, 0.2) is 0 Å². The maximum atomic E-state index is 3.87. The van der Waals surface area contributed by atoms with E-state index in [1.54, 1.807) is 0 Å². The minimum absolute atomic E-state index is 0.661. The van der Waals surface area contributed by atoms with Crippen LogP contribution in [0.5, 0.6) is 0 Å². The average molecular weight is 306 g/mol. The largest absolute Gasteiger partial charge is 0.317 e.